The normalized spacial score (nSPS) is 21.3. The van der Waals surface area contributed by atoms with Gasteiger partial charge in [0, 0.05) is 42.7 Å². The molecule has 146 valence electrons. The number of fused-ring (bicyclic) bond motifs is 3. The average molecular weight is 398 g/mol. The van der Waals surface area contributed by atoms with Gasteiger partial charge in [-0.2, -0.15) is 5.26 Å². The third-order valence-electron chi connectivity index (χ3n) is 5.48. The van der Waals surface area contributed by atoms with Crippen molar-refractivity contribution >= 4 is 15.7 Å². The van der Waals surface area contributed by atoms with Crippen molar-refractivity contribution < 1.29 is 13.2 Å². The molecule has 7 heteroatoms. The van der Waals surface area contributed by atoms with Crippen LogP contribution in [0.1, 0.15) is 22.6 Å². The maximum atomic E-state index is 11.3. The molecule has 2 atom stereocenters. The highest BCUT2D eigenvalue weighted by Crippen LogP contribution is 2.41. The highest BCUT2D eigenvalue weighted by molar-refractivity contribution is 7.92. The van der Waals surface area contributed by atoms with Gasteiger partial charge in [-0.25, -0.2) is 8.42 Å². The van der Waals surface area contributed by atoms with E-state index >= 15 is 0 Å². The monoisotopic (exact) mass is 397 g/mol. The third kappa shape index (κ3) is 4.13. The minimum atomic E-state index is -3.25. The summed E-state index contributed by atoms with van der Waals surface area (Å²) in [6.07, 6.45) is 2.06. The molecule has 4 rings (SSSR count). The van der Waals surface area contributed by atoms with Crippen LogP contribution in [-0.4, -0.2) is 45.8 Å². The fourth-order valence-corrected chi connectivity index (χ4v) is 4.71. The van der Waals surface area contributed by atoms with Gasteiger partial charge in [-0.15, -0.1) is 0 Å². The number of hydrogen-bond acceptors (Lipinski definition) is 5. The van der Waals surface area contributed by atoms with E-state index in [2.05, 4.69) is 15.7 Å². The molecule has 0 spiro atoms. The summed E-state index contributed by atoms with van der Waals surface area (Å²) in [6, 6.07) is 15.5. The zero-order valence-electron chi connectivity index (χ0n) is 15.8. The first-order chi connectivity index (χ1) is 13.4. The van der Waals surface area contributed by atoms with E-state index in [1.54, 1.807) is 12.1 Å². The first-order valence-electron chi connectivity index (χ1n) is 9.37. The van der Waals surface area contributed by atoms with Gasteiger partial charge in [-0.3, -0.25) is 4.72 Å². The van der Waals surface area contributed by atoms with E-state index in [9.17, 15) is 13.7 Å². The Balaban J connectivity index is 1.38. The van der Waals surface area contributed by atoms with Crippen LogP contribution in [0.4, 0.5) is 5.69 Å². The van der Waals surface area contributed by atoms with Crippen molar-refractivity contribution in [2.75, 3.05) is 37.2 Å². The molecule has 2 aliphatic heterocycles. The summed E-state index contributed by atoms with van der Waals surface area (Å²) in [5.74, 6) is 1.79. The second-order valence-corrected chi connectivity index (χ2v) is 9.37. The van der Waals surface area contributed by atoms with Crippen molar-refractivity contribution in [3.05, 3.63) is 59.2 Å². The Labute approximate surface area is 165 Å². The summed E-state index contributed by atoms with van der Waals surface area (Å²) in [7, 11) is -3.25. The summed E-state index contributed by atoms with van der Waals surface area (Å²) in [6.45, 7) is 3.64. The van der Waals surface area contributed by atoms with Crippen molar-refractivity contribution in [2.24, 2.45) is 5.92 Å². The Morgan fingerprint density at radius 1 is 1.21 bits per heavy atom. The lowest BCUT2D eigenvalue weighted by Crippen LogP contribution is -2.25. The number of nitriles is 1. The second-order valence-electron chi connectivity index (χ2n) is 7.62. The number of nitrogens with zero attached hydrogens (tertiary/aromatic N) is 2. The molecule has 2 unspecified atom stereocenters. The number of rotatable bonds is 5. The number of anilines is 1. The number of likely N-dealkylation sites (tertiary alicyclic amines) is 1. The highest BCUT2D eigenvalue weighted by Gasteiger charge is 2.38. The van der Waals surface area contributed by atoms with Gasteiger partial charge in [-0.05, 0) is 42.3 Å². The van der Waals surface area contributed by atoms with E-state index in [0.29, 0.717) is 23.1 Å². The lowest BCUT2D eigenvalue weighted by molar-refractivity contribution is 0.213. The van der Waals surface area contributed by atoms with Gasteiger partial charge in [0.25, 0.3) is 0 Å². The van der Waals surface area contributed by atoms with Crippen LogP contribution in [-0.2, 0) is 16.4 Å². The highest BCUT2D eigenvalue weighted by atomic mass is 32.2. The van der Waals surface area contributed by atoms with Gasteiger partial charge in [0.15, 0.2) is 0 Å². The predicted octanol–water partition coefficient (Wildman–Crippen LogP) is 2.58. The molecule has 0 aliphatic carbocycles. The number of nitrogens with one attached hydrogen (secondary N) is 1. The lowest BCUT2D eigenvalue weighted by atomic mass is 9.86. The molecule has 2 aliphatic rings. The fraction of sp³-hybridized carbons (Fsp3) is 0.381. The first kappa shape index (κ1) is 18.8. The zero-order valence-corrected chi connectivity index (χ0v) is 16.6. The molecule has 2 heterocycles. The summed E-state index contributed by atoms with van der Waals surface area (Å²) in [5, 5.41) is 9.18. The predicted molar refractivity (Wildman–Crippen MR) is 108 cm³/mol. The van der Waals surface area contributed by atoms with Gasteiger partial charge >= 0.3 is 0 Å². The first-order valence-corrected chi connectivity index (χ1v) is 11.3. The molecule has 0 amide bonds. The second kappa shape index (κ2) is 7.46. The van der Waals surface area contributed by atoms with Gasteiger partial charge < -0.3 is 9.64 Å². The van der Waals surface area contributed by atoms with E-state index in [4.69, 9.17) is 4.74 Å². The maximum absolute atomic E-state index is 11.3. The van der Waals surface area contributed by atoms with Gasteiger partial charge in [0.2, 0.25) is 10.0 Å². The van der Waals surface area contributed by atoms with Crippen molar-refractivity contribution in [1.29, 1.82) is 5.26 Å². The van der Waals surface area contributed by atoms with Gasteiger partial charge in [-0.1, -0.05) is 12.1 Å². The molecule has 0 saturated carbocycles. The maximum Gasteiger partial charge on any atom is 0.229 e. The van der Waals surface area contributed by atoms with Crippen LogP contribution in [0.3, 0.4) is 0 Å². The van der Waals surface area contributed by atoms with E-state index in [1.807, 2.05) is 30.3 Å². The van der Waals surface area contributed by atoms with E-state index in [0.717, 1.165) is 50.2 Å². The third-order valence-corrected chi connectivity index (χ3v) is 6.09. The van der Waals surface area contributed by atoms with Crippen LogP contribution in [0.15, 0.2) is 42.5 Å². The molecular formula is C21H23N3O3S. The average Bonchev–Trinajstić information content (AvgIpc) is 3.09. The fourth-order valence-electron chi connectivity index (χ4n) is 4.14. The molecule has 1 fully saturated rings. The van der Waals surface area contributed by atoms with Crippen LogP contribution in [0.25, 0.3) is 0 Å². The molecule has 28 heavy (non-hydrogen) atoms. The summed E-state index contributed by atoms with van der Waals surface area (Å²) < 4.78 is 31.0. The summed E-state index contributed by atoms with van der Waals surface area (Å²) in [4.78, 5) is 2.45. The topological polar surface area (TPSA) is 82.4 Å². The molecule has 2 aromatic carbocycles. The minimum Gasteiger partial charge on any atom is -0.493 e. The van der Waals surface area contributed by atoms with Crippen LogP contribution in [0.5, 0.6) is 5.75 Å². The summed E-state index contributed by atoms with van der Waals surface area (Å²) >= 11 is 0. The Hall–Kier alpha value is -2.56. The Kier molecular flexibility index (Phi) is 5.00. The lowest BCUT2D eigenvalue weighted by Gasteiger charge is -2.27. The van der Waals surface area contributed by atoms with Gasteiger partial charge in [0.1, 0.15) is 5.75 Å². The molecular weight excluding hydrogens is 374 g/mol. The largest absolute Gasteiger partial charge is 0.493 e. The number of hydrogen-bond donors (Lipinski definition) is 1. The van der Waals surface area contributed by atoms with Crippen molar-refractivity contribution in [2.45, 2.75) is 12.3 Å². The van der Waals surface area contributed by atoms with E-state index in [-0.39, 0.29) is 0 Å². The van der Waals surface area contributed by atoms with E-state index < -0.39 is 10.0 Å². The smallest absolute Gasteiger partial charge is 0.229 e. The molecule has 0 radical (unpaired) electrons. The molecule has 1 N–H and O–H groups in total. The van der Waals surface area contributed by atoms with Crippen molar-refractivity contribution in [3.63, 3.8) is 0 Å². The van der Waals surface area contributed by atoms with Crippen LogP contribution < -0.4 is 9.46 Å². The van der Waals surface area contributed by atoms with Crippen LogP contribution >= 0.6 is 0 Å². The molecule has 6 nitrogen and oxygen atoms in total. The Morgan fingerprint density at radius 2 is 2.00 bits per heavy atom. The van der Waals surface area contributed by atoms with Crippen LogP contribution in [0.2, 0.25) is 0 Å². The molecule has 1 saturated heterocycles. The standard InChI is InChI=1S/C21H23N3O3S/c1-28(25,26)23-18-5-2-15(3-6-18)8-9-24-12-17-14-27-21-7-4-16(11-22)10-19(21)20(17)13-24/h2-7,10,17,20,23H,8-9,12-14H2,1H3. The Morgan fingerprint density at radius 3 is 2.71 bits per heavy atom. The van der Waals surface area contributed by atoms with Crippen molar-refractivity contribution in [3.8, 4) is 11.8 Å². The Bertz CT molecular complexity index is 1010. The van der Waals surface area contributed by atoms with Crippen LogP contribution in [0, 0.1) is 17.2 Å². The summed E-state index contributed by atoms with van der Waals surface area (Å²) in [5.41, 5.74) is 3.61. The zero-order chi connectivity index (χ0) is 19.7. The molecule has 2 aromatic rings. The van der Waals surface area contributed by atoms with Gasteiger partial charge in [0.05, 0.1) is 24.5 Å². The minimum absolute atomic E-state index is 0.415. The quantitative estimate of drug-likeness (QED) is 0.839. The number of sulfonamides is 1. The number of ether oxygens (including phenoxy) is 1. The van der Waals surface area contributed by atoms with Crippen molar-refractivity contribution in [1.82, 2.24) is 4.90 Å². The van der Waals surface area contributed by atoms with E-state index in [1.165, 1.54) is 5.56 Å². The molecule has 0 aromatic heterocycles. The molecule has 0 bridgehead atoms. The SMILES string of the molecule is CS(=O)(=O)Nc1ccc(CCN2CC3COc4ccc(C#N)cc4C3C2)cc1. The number of benzene rings is 2.